The zero-order valence-corrected chi connectivity index (χ0v) is 22.4. The molecule has 6 rings (SSSR count). The summed E-state index contributed by atoms with van der Waals surface area (Å²) in [5.41, 5.74) is 2.45. The van der Waals surface area contributed by atoms with Crippen LogP contribution in [0.15, 0.2) is 79.0 Å². The first-order valence-corrected chi connectivity index (χ1v) is 13.6. The van der Waals surface area contributed by atoms with Gasteiger partial charge < -0.3 is 26.0 Å². The molecule has 4 N–H and O–H groups in total. The lowest BCUT2D eigenvalue weighted by Crippen LogP contribution is -2.35. The molecular formula is C31H27FN6O4. The number of aryl methyl sites for hydroxylation is 1. The fraction of sp³-hybridized carbons (Fsp3) is 0.194. The Morgan fingerprint density at radius 1 is 0.857 bits per heavy atom. The molecule has 2 heterocycles. The minimum absolute atomic E-state index is 0.0239. The summed E-state index contributed by atoms with van der Waals surface area (Å²) in [4.78, 5) is 46.2. The van der Waals surface area contributed by atoms with Crippen molar-refractivity contribution in [3.8, 4) is 11.6 Å². The van der Waals surface area contributed by atoms with Crippen molar-refractivity contribution in [2.24, 2.45) is 5.41 Å². The smallest absolute Gasteiger partial charge is 0.240 e. The third-order valence-electron chi connectivity index (χ3n) is 7.17. The van der Waals surface area contributed by atoms with Gasteiger partial charge in [0.05, 0.1) is 0 Å². The Labute approximate surface area is 240 Å². The van der Waals surface area contributed by atoms with E-state index in [9.17, 15) is 18.8 Å². The maximum absolute atomic E-state index is 13.2. The molecule has 0 bridgehead atoms. The van der Waals surface area contributed by atoms with Gasteiger partial charge in [0.2, 0.25) is 29.5 Å². The minimum atomic E-state index is -1.15. The zero-order chi connectivity index (χ0) is 29.1. The van der Waals surface area contributed by atoms with E-state index in [1.54, 1.807) is 36.5 Å². The first-order valence-electron chi connectivity index (χ1n) is 13.6. The van der Waals surface area contributed by atoms with Gasteiger partial charge in [0, 0.05) is 41.4 Å². The number of nitrogens with zero attached hydrogens (tertiary/aromatic N) is 2. The van der Waals surface area contributed by atoms with E-state index in [1.807, 2.05) is 18.2 Å². The van der Waals surface area contributed by atoms with E-state index in [4.69, 9.17) is 4.74 Å². The number of anilines is 5. The molecule has 0 atom stereocenters. The van der Waals surface area contributed by atoms with Gasteiger partial charge in [0.25, 0.3) is 0 Å². The molecule has 212 valence electrons. The number of fused-ring (bicyclic) bond motifs is 1. The molecule has 1 aliphatic heterocycles. The predicted octanol–water partition coefficient (Wildman–Crippen LogP) is 5.78. The second kappa shape index (κ2) is 11.3. The highest BCUT2D eigenvalue weighted by Gasteiger charge is 2.56. The van der Waals surface area contributed by atoms with Crippen LogP contribution in [0.3, 0.4) is 0 Å². The number of hydrogen-bond donors (Lipinski definition) is 4. The van der Waals surface area contributed by atoms with Gasteiger partial charge in [-0.3, -0.25) is 14.4 Å². The van der Waals surface area contributed by atoms with Crippen molar-refractivity contribution in [3.63, 3.8) is 0 Å². The number of carbonyl (C=O) groups excluding carboxylic acids is 3. The number of benzene rings is 3. The predicted molar refractivity (Wildman–Crippen MR) is 155 cm³/mol. The van der Waals surface area contributed by atoms with E-state index in [-0.39, 0.29) is 5.91 Å². The molecule has 0 saturated heterocycles. The first kappa shape index (κ1) is 26.9. The fourth-order valence-electron chi connectivity index (χ4n) is 4.68. The first-order chi connectivity index (χ1) is 20.4. The number of carbonyl (C=O) groups is 3. The van der Waals surface area contributed by atoms with Gasteiger partial charge in [0.15, 0.2) is 0 Å². The van der Waals surface area contributed by atoms with Gasteiger partial charge in [-0.05, 0) is 98.0 Å². The van der Waals surface area contributed by atoms with Crippen LogP contribution in [-0.2, 0) is 20.8 Å². The number of aromatic nitrogens is 2. The van der Waals surface area contributed by atoms with Crippen molar-refractivity contribution < 1.29 is 23.5 Å². The summed E-state index contributed by atoms with van der Waals surface area (Å²) in [6.07, 6.45) is 4.53. The van der Waals surface area contributed by atoms with Crippen LogP contribution in [0.5, 0.6) is 11.6 Å². The average molecular weight is 567 g/mol. The highest BCUT2D eigenvalue weighted by Crippen LogP contribution is 2.47. The summed E-state index contributed by atoms with van der Waals surface area (Å²) in [5.74, 6) is -0.0393. The third-order valence-corrected chi connectivity index (χ3v) is 7.17. The van der Waals surface area contributed by atoms with Crippen molar-refractivity contribution >= 4 is 46.4 Å². The normalized spacial score (nSPS) is 14.9. The molecule has 4 aromatic rings. The quantitative estimate of drug-likeness (QED) is 0.199. The van der Waals surface area contributed by atoms with E-state index in [2.05, 4.69) is 31.2 Å². The van der Waals surface area contributed by atoms with Crippen LogP contribution in [0.2, 0.25) is 0 Å². The molecule has 11 heteroatoms. The van der Waals surface area contributed by atoms with E-state index in [0.717, 1.165) is 29.8 Å². The van der Waals surface area contributed by atoms with Gasteiger partial charge in [-0.15, -0.1) is 0 Å². The lowest BCUT2D eigenvalue weighted by molar-refractivity contribution is -0.131. The molecule has 0 radical (unpaired) electrons. The Balaban J connectivity index is 1.06. The average Bonchev–Trinajstić information content (AvgIpc) is 3.81. The van der Waals surface area contributed by atoms with Crippen LogP contribution in [0.1, 0.15) is 31.2 Å². The zero-order valence-electron chi connectivity index (χ0n) is 22.4. The van der Waals surface area contributed by atoms with Crippen molar-refractivity contribution in [3.05, 3.63) is 90.4 Å². The van der Waals surface area contributed by atoms with Crippen molar-refractivity contribution in [2.45, 2.75) is 32.1 Å². The Kier molecular flexibility index (Phi) is 7.22. The van der Waals surface area contributed by atoms with Gasteiger partial charge in [0.1, 0.15) is 17.0 Å². The van der Waals surface area contributed by atoms with E-state index >= 15 is 0 Å². The molecule has 0 spiro atoms. The lowest BCUT2D eigenvalue weighted by Gasteiger charge is -2.16. The van der Waals surface area contributed by atoms with Crippen LogP contribution in [0, 0.1) is 11.2 Å². The van der Waals surface area contributed by atoms with E-state index in [0.29, 0.717) is 48.2 Å². The Hall–Kier alpha value is -5.32. The van der Waals surface area contributed by atoms with Crippen LogP contribution in [0.25, 0.3) is 0 Å². The second-order valence-corrected chi connectivity index (χ2v) is 10.2. The SMILES string of the molecule is O=C1CCCc2cc(Nc3nccc(Oc4ccc(NC(=O)C5(C(=O)Nc6ccc(F)cc6)CC5)cc4)n3)ccc2N1. The minimum Gasteiger partial charge on any atom is -0.439 e. The largest absolute Gasteiger partial charge is 0.439 e. The second-order valence-electron chi connectivity index (χ2n) is 10.2. The van der Waals surface area contributed by atoms with Crippen molar-refractivity contribution in [2.75, 3.05) is 21.3 Å². The Morgan fingerprint density at radius 3 is 2.21 bits per heavy atom. The summed E-state index contributed by atoms with van der Waals surface area (Å²) in [6, 6.07) is 19.4. The number of rotatable bonds is 8. The van der Waals surface area contributed by atoms with Crippen LogP contribution >= 0.6 is 0 Å². The highest BCUT2D eigenvalue weighted by atomic mass is 19.1. The molecule has 0 unspecified atom stereocenters. The number of ether oxygens (including phenoxy) is 1. The van der Waals surface area contributed by atoms with Gasteiger partial charge >= 0.3 is 0 Å². The number of hydrogen-bond acceptors (Lipinski definition) is 7. The molecule has 3 aromatic carbocycles. The molecule has 1 saturated carbocycles. The maximum atomic E-state index is 13.2. The van der Waals surface area contributed by atoms with Crippen molar-refractivity contribution in [1.29, 1.82) is 0 Å². The summed E-state index contributed by atoms with van der Waals surface area (Å²) in [6.45, 7) is 0. The van der Waals surface area contributed by atoms with E-state index in [1.165, 1.54) is 24.3 Å². The lowest BCUT2D eigenvalue weighted by atomic mass is 10.0. The van der Waals surface area contributed by atoms with Gasteiger partial charge in [-0.2, -0.15) is 4.98 Å². The van der Waals surface area contributed by atoms with Crippen LogP contribution in [-0.4, -0.2) is 27.7 Å². The van der Waals surface area contributed by atoms with Gasteiger partial charge in [-0.1, -0.05) is 0 Å². The molecule has 3 amide bonds. The molecule has 1 aromatic heterocycles. The van der Waals surface area contributed by atoms with Crippen molar-refractivity contribution in [1.82, 2.24) is 9.97 Å². The van der Waals surface area contributed by atoms with Gasteiger partial charge in [-0.25, -0.2) is 9.37 Å². The van der Waals surface area contributed by atoms with Crippen LogP contribution < -0.4 is 26.0 Å². The standard InChI is InChI=1S/C31H27FN6O4/c32-20-4-6-21(7-5-20)34-28(40)31(15-16-31)29(41)35-22-8-11-24(12-9-22)42-27-14-17-33-30(38-27)36-23-10-13-25-19(18-23)2-1-3-26(39)37-25/h4-14,17-18H,1-3,15-16H2,(H,34,40)(H,35,41)(H,37,39)(H,33,36,38). The monoisotopic (exact) mass is 566 g/mol. The number of nitrogens with one attached hydrogen (secondary N) is 4. The topological polar surface area (TPSA) is 134 Å². The number of halogens is 1. The molecule has 1 aliphatic carbocycles. The molecular weight excluding hydrogens is 539 g/mol. The maximum Gasteiger partial charge on any atom is 0.240 e. The third kappa shape index (κ3) is 6.04. The highest BCUT2D eigenvalue weighted by molar-refractivity contribution is 6.16. The van der Waals surface area contributed by atoms with Crippen LogP contribution in [0.4, 0.5) is 33.1 Å². The molecule has 42 heavy (non-hydrogen) atoms. The summed E-state index contributed by atoms with van der Waals surface area (Å²) in [5, 5.41) is 11.6. The molecule has 1 fully saturated rings. The summed E-state index contributed by atoms with van der Waals surface area (Å²) in [7, 11) is 0. The number of amides is 3. The Morgan fingerprint density at radius 2 is 1.52 bits per heavy atom. The summed E-state index contributed by atoms with van der Waals surface area (Å²) >= 11 is 0. The molecule has 2 aliphatic rings. The van der Waals surface area contributed by atoms with E-state index < -0.39 is 23.0 Å². The molecule has 10 nitrogen and oxygen atoms in total. The summed E-state index contributed by atoms with van der Waals surface area (Å²) < 4.78 is 19.0. The fourth-order valence-corrected chi connectivity index (χ4v) is 4.68. The Bertz CT molecular complexity index is 1660.